The Labute approximate surface area is 116 Å². The van der Waals surface area contributed by atoms with Crippen LogP contribution < -0.4 is 5.32 Å². The number of nitrogens with zero attached hydrogens (tertiary/aromatic N) is 2. The van der Waals surface area contributed by atoms with Crippen LogP contribution in [0.5, 0.6) is 0 Å². The van der Waals surface area contributed by atoms with Crippen LogP contribution in [0.4, 0.5) is 0 Å². The van der Waals surface area contributed by atoms with Gasteiger partial charge in [-0.3, -0.25) is 4.68 Å². The Hall–Kier alpha value is -0.830. The van der Waals surface area contributed by atoms with E-state index in [0.29, 0.717) is 6.04 Å². The highest BCUT2D eigenvalue weighted by molar-refractivity contribution is 5.06. The minimum Gasteiger partial charge on any atom is -0.314 e. The maximum atomic E-state index is 4.29. The third-order valence-electron chi connectivity index (χ3n) is 5.21. The Balaban J connectivity index is 1.58. The number of rotatable bonds is 6. The molecular weight excluding hydrogens is 234 g/mol. The third-order valence-corrected chi connectivity index (χ3v) is 5.21. The zero-order chi connectivity index (χ0) is 13.2. The second kappa shape index (κ2) is 5.66. The van der Waals surface area contributed by atoms with Crippen molar-refractivity contribution in [1.29, 1.82) is 0 Å². The molecule has 1 heterocycles. The van der Waals surface area contributed by atoms with Crippen LogP contribution in [0.25, 0.3) is 0 Å². The van der Waals surface area contributed by atoms with Crippen molar-refractivity contribution < 1.29 is 0 Å². The number of hydrogen-bond donors (Lipinski definition) is 1. The predicted molar refractivity (Wildman–Crippen MR) is 77.9 cm³/mol. The summed E-state index contributed by atoms with van der Waals surface area (Å²) in [4.78, 5) is 0. The van der Waals surface area contributed by atoms with Gasteiger partial charge in [-0.15, -0.1) is 0 Å². The second-order valence-corrected chi connectivity index (χ2v) is 6.65. The fraction of sp³-hybridized carbons (Fsp3) is 0.812. The number of fused-ring (bicyclic) bond motifs is 2. The van der Waals surface area contributed by atoms with Gasteiger partial charge in [0, 0.05) is 19.3 Å². The molecule has 106 valence electrons. The molecule has 0 amide bonds. The van der Waals surface area contributed by atoms with E-state index < -0.39 is 0 Å². The topological polar surface area (TPSA) is 29.9 Å². The molecule has 2 aliphatic carbocycles. The molecule has 1 N–H and O–H groups in total. The van der Waals surface area contributed by atoms with E-state index in [2.05, 4.69) is 23.5 Å². The first-order valence-electron chi connectivity index (χ1n) is 7.95. The number of aryl methyl sites for hydroxylation is 1. The minimum atomic E-state index is 0.638. The summed E-state index contributed by atoms with van der Waals surface area (Å²) in [5, 5.41) is 7.98. The van der Waals surface area contributed by atoms with Gasteiger partial charge < -0.3 is 5.32 Å². The number of nitrogens with one attached hydrogen (secondary N) is 1. The SMILES string of the molecule is CCNC(Cc1cnn(C)c1)CC1CC2CCC1C2. The van der Waals surface area contributed by atoms with Crippen molar-refractivity contribution in [3.05, 3.63) is 18.0 Å². The summed E-state index contributed by atoms with van der Waals surface area (Å²) in [6.45, 7) is 3.29. The lowest BCUT2D eigenvalue weighted by Crippen LogP contribution is -2.34. The molecule has 2 fully saturated rings. The number of hydrogen-bond acceptors (Lipinski definition) is 2. The zero-order valence-corrected chi connectivity index (χ0v) is 12.3. The molecule has 0 spiro atoms. The van der Waals surface area contributed by atoms with Gasteiger partial charge in [-0.05, 0) is 62.0 Å². The highest BCUT2D eigenvalue weighted by Gasteiger charge is 2.39. The summed E-state index contributed by atoms with van der Waals surface area (Å²) in [6.07, 6.45) is 12.7. The van der Waals surface area contributed by atoms with Crippen LogP contribution >= 0.6 is 0 Å². The summed E-state index contributed by atoms with van der Waals surface area (Å²) >= 11 is 0. The molecule has 2 aliphatic rings. The lowest BCUT2D eigenvalue weighted by atomic mass is 9.83. The molecule has 1 aromatic heterocycles. The first-order valence-corrected chi connectivity index (χ1v) is 7.95. The van der Waals surface area contributed by atoms with Gasteiger partial charge in [0.05, 0.1) is 6.20 Å². The second-order valence-electron chi connectivity index (χ2n) is 6.65. The van der Waals surface area contributed by atoms with Gasteiger partial charge in [-0.2, -0.15) is 5.10 Å². The van der Waals surface area contributed by atoms with Crippen molar-refractivity contribution in [2.24, 2.45) is 24.8 Å². The first-order chi connectivity index (χ1) is 9.24. The standard InChI is InChI=1S/C16H27N3/c1-3-17-16(8-13-10-18-19(2)11-13)9-15-7-12-4-5-14(15)6-12/h10-12,14-17H,3-9H2,1-2H3. The fourth-order valence-electron chi connectivity index (χ4n) is 4.42. The molecule has 4 atom stereocenters. The quantitative estimate of drug-likeness (QED) is 0.853. The maximum Gasteiger partial charge on any atom is 0.0522 e. The van der Waals surface area contributed by atoms with E-state index in [1.54, 1.807) is 0 Å². The zero-order valence-electron chi connectivity index (χ0n) is 12.3. The summed E-state index contributed by atoms with van der Waals surface area (Å²) in [5.41, 5.74) is 1.37. The van der Waals surface area contributed by atoms with E-state index in [1.165, 1.54) is 37.7 Å². The van der Waals surface area contributed by atoms with Gasteiger partial charge in [-0.25, -0.2) is 0 Å². The van der Waals surface area contributed by atoms with Crippen LogP contribution in [0, 0.1) is 17.8 Å². The Morgan fingerprint density at radius 1 is 1.42 bits per heavy atom. The first kappa shape index (κ1) is 13.2. The number of aromatic nitrogens is 2. The van der Waals surface area contributed by atoms with Crippen molar-refractivity contribution in [2.45, 2.75) is 51.5 Å². The minimum absolute atomic E-state index is 0.638. The van der Waals surface area contributed by atoms with Gasteiger partial charge in [0.25, 0.3) is 0 Å². The summed E-state index contributed by atoms with van der Waals surface area (Å²) in [5.74, 6) is 3.09. The van der Waals surface area contributed by atoms with Crippen LogP contribution in [0.2, 0.25) is 0 Å². The molecule has 0 radical (unpaired) electrons. The van der Waals surface area contributed by atoms with Crippen LogP contribution in [0.3, 0.4) is 0 Å². The smallest absolute Gasteiger partial charge is 0.0522 e. The maximum absolute atomic E-state index is 4.29. The summed E-state index contributed by atoms with van der Waals surface area (Å²) < 4.78 is 1.91. The molecule has 0 aliphatic heterocycles. The van der Waals surface area contributed by atoms with Crippen molar-refractivity contribution >= 4 is 0 Å². The molecular formula is C16H27N3. The molecule has 2 bridgehead atoms. The molecule has 3 nitrogen and oxygen atoms in total. The highest BCUT2D eigenvalue weighted by atomic mass is 15.2. The molecule has 19 heavy (non-hydrogen) atoms. The fourth-order valence-corrected chi connectivity index (χ4v) is 4.42. The summed E-state index contributed by atoms with van der Waals surface area (Å²) in [6, 6.07) is 0.638. The van der Waals surface area contributed by atoms with E-state index in [0.717, 1.165) is 30.7 Å². The molecule has 0 saturated heterocycles. The van der Waals surface area contributed by atoms with Crippen molar-refractivity contribution in [3.8, 4) is 0 Å². The van der Waals surface area contributed by atoms with E-state index in [4.69, 9.17) is 0 Å². The largest absolute Gasteiger partial charge is 0.314 e. The van der Waals surface area contributed by atoms with Crippen molar-refractivity contribution in [2.75, 3.05) is 6.54 Å². The van der Waals surface area contributed by atoms with Crippen LogP contribution in [0.1, 0.15) is 44.6 Å². The third kappa shape index (κ3) is 3.02. The summed E-state index contributed by atoms with van der Waals surface area (Å²) in [7, 11) is 2.00. The number of likely N-dealkylation sites (N-methyl/N-ethyl adjacent to an activating group) is 1. The Morgan fingerprint density at radius 3 is 2.89 bits per heavy atom. The van der Waals surface area contributed by atoms with Crippen molar-refractivity contribution in [3.63, 3.8) is 0 Å². The van der Waals surface area contributed by atoms with E-state index in [-0.39, 0.29) is 0 Å². The van der Waals surface area contributed by atoms with Gasteiger partial charge in [0.15, 0.2) is 0 Å². The van der Waals surface area contributed by atoms with Crippen molar-refractivity contribution in [1.82, 2.24) is 15.1 Å². The average molecular weight is 261 g/mol. The predicted octanol–water partition coefficient (Wildman–Crippen LogP) is 2.77. The van der Waals surface area contributed by atoms with Crippen LogP contribution in [0.15, 0.2) is 12.4 Å². The Morgan fingerprint density at radius 2 is 2.32 bits per heavy atom. The van der Waals surface area contributed by atoms with E-state index >= 15 is 0 Å². The average Bonchev–Trinajstić information content (AvgIpc) is 3.06. The molecule has 1 aromatic rings. The normalized spacial score (nSPS) is 30.9. The van der Waals surface area contributed by atoms with Gasteiger partial charge >= 0.3 is 0 Å². The Kier molecular flexibility index (Phi) is 3.92. The highest BCUT2D eigenvalue weighted by Crippen LogP contribution is 2.49. The Bertz CT molecular complexity index is 412. The molecule has 4 unspecified atom stereocenters. The molecule has 2 saturated carbocycles. The monoisotopic (exact) mass is 261 g/mol. The van der Waals surface area contributed by atoms with Gasteiger partial charge in [0.1, 0.15) is 0 Å². The van der Waals surface area contributed by atoms with E-state index in [1.807, 2.05) is 17.9 Å². The van der Waals surface area contributed by atoms with Crippen LogP contribution in [-0.2, 0) is 13.5 Å². The van der Waals surface area contributed by atoms with Crippen LogP contribution in [-0.4, -0.2) is 22.4 Å². The molecule has 3 heteroatoms. The van der Waals surface area contributed by atoms with Gasteiger partial charge in [0.2, 0.25) is 0 Å². The lowest BCUT2D eigenvalue weighted by molar-refractivity contribution is 0.278. The molecule has 3 rings (SSSR count). The van der Waals surface area contributed by atoms with Gasteiger partial charge in [-0.1, -0.05) is 13.3 Å². The molecule has 0 aromatic carbocycles. The lowest BCUT2D eigenvalue weighted by Gasteiger charge is -2.27. The van der Waals surface area contributed by atoms with E-state index in [9.17, 15) is 0 Å².